The number of halogens is 1. The van der Waals surface area contributed by atoms with Crippen LogP contribution in [0.4, 0.5) is 0 Å². The molecule has 3 fully saturated rings. The summed E-state index contributed by atoms with van der Waals surface area (Å²) in [5.41, 5.74) is 1.47. The van der Waals surface area contributed by atoms with E-state index in [-0.39, 0.29) is 24.0 Å². The number of aliphatic imine (C=N–C) groups is 1. The molecule has 1 heterocycles. The average Bonchev–Trinajstić information content (AvgIpc) is 3.01. The van der Waals surface area contributed by atoms with Crippen molar-refractivity contribution < 1.29 is 9.47 Å². The first kappa shape index (κ1) is 19.7. The van der Waals surface area contributed by atoms with E-state index in [2.05, 4.69) is 23.6 Å². The van der Waals surface area contributed by atoms with E-state index in [9.17, 15) is 0 Å². The van der Waals surface area contributed by atoms with Gasteiger partial charge in [-0.25, -0.2) is 4.99 Å². The van der Waals surface area contributed by atoms with Crippen molar-refractivity contribution in [1.82, 2.24) is 10.6 Å². The highest BCUT2D eigenvalue weighted by Gasteiger charge is 2.66. The molecule has 1 spiro atoms. The third kappa shape index (κ3) is 3.30. The summed E-state index contributed by atoms with van der Waals surface area (Å²) in [7, 11) is 1.71. The molecule has 6 heteroatoms. The minimum atomic E-state index is 0. The van der Waals surface area contributed by atoms with Crippen LogP contribution >= 0.6 is 24.0 Å². The van der Waals surface area contributed by atoms with Gasteiger partial charge in [-0.3, -0.25) is 0 Å². The van der Waals surface area contributed by atoms with Gasteiger partial charge in [0.25, 0.3) is 0 Å². The summed E-state index contributed by atoms with van der Waals surface area (Å²) in [6, 6.07) is 8.59. The lowest BCUT2D eigenvalue weighted by atomic mass is 9.46. The zero-order valence-electron chi connectivity index (χ0n) is 15.7. The fraction of sp³-hybridized carbons (Fsp3) is 0.650. The lowest BCUT2D eigenvalue weighted by molar-refractivity contribution is -0.171. The standard InChI is InChI=1S/C20H29N3O2.HI/c1-3-21-19(22-13-14-7-4-5-8-16(14)24-2)23-17-15-9-12-25-18(15)20(17)10-6-11-20;/h4-5,7-8,15,17-18H,3,6,9-13H2,1-2H3,(H2,21,22,23);1H. The number of methoxy groups -OCH3 is 1. The third-order valence-corrected chi connectivity index (χ3v) is 6.27. The van der Waals surface area contributed by atoms with Crippen molar-refractivity contribution in [2.75, 3.05) is 20.3 Å². The predicted molar refractivity (Wildman–Crippen MR) is 114 cm³/mol. The molecule has 1 aliphatic heterocycles. The number of para-hydroxylation sites is 1. The van der Waals surface area contributed by atoms with Gasteiger partial charge < -0.3 is 20.1 Å². The molecule has 2 N–H and O–H groups in total. The van der Waals surface area contributed by atoms with Gasteiger partial charge in [-0.15, -0.1) is 24.0 Å². The summed E-state index contributed by atoms with van der Waals surface area (Å²) in [5.74, 6) is 2.45. The number of ether oxygens (including phenoxy) is 2. The van der Waals surface area contributed by atoms with Crippen LogP contribution < -0.4 is 15.4 Å². The molecule has 1 aromatic carbocycles. The Bertz CT molecular complexity index is 648. The summed E-state index contributed by atoms with van der Waals surface area (Å²) in [5, 5.41) is 7.16. The lowest BCUT2D eigenvalue weighted by Gasteiger charge is -2.63. The van der Waals surface area contributed by atoms with E-state index < -0.39 is 0 Å². The van der Waals surface area contributed by atoms with Crippen LogP contribution in [0.5, 0.6) is 5.75 Å². The molecule has 5 nitrogen and oxygen atoms in total. The topological polar surface area (TPSA) is 54.9 Å². The zero-order valence-corrected chi connectivity index (χ0v) is 18.0. The summed E-state index contributed by atoms with van der Waals surface area (Å²) in [6.45, 7) is 4.51. The van der Waals surface area contributed by atoms with Crippen molar-refractivity contribution in [2.45, 2.75) is 51.3 Å². The number of guanidine groups is 1. The summed E-state index contributed by atoms with van der Waals surface area (Å²) in [4.78, 5) is 4.83. The van der Waals surface area contributed by atoms with E-state index in [1.807, 2.05) is 18.2 Å². The van der Waals surface area contributed by atoms with Crippen LogP contribution in [0, 0.1) is 11.3 Å². The highest BCUT2D eigenvalue weighted by atomic mass is 127. The van der Waals surface area contributed by atoms with E-state index in [0.717, 1.165) is 30.4 Å². The van der Waals surface area contributed by atoms with Crippen LogP contribution in [0.1, 0.15) is 38.2 Å². The molecule has 0 bridgehead atoms. The molecule has 26 heavy (non-hydrogen) atoms. The van der Waals surface area contributed by atoms with Crippen molar-refractivity contribution in [3.8, 4) is 5.75 Å². The van der Waals surface area contributed by atoms with Crippen LogP contribution in [0.15, 0.2) is 29.3 Å². The van der Waals surface area contributed by atoms with E-state index in [4.69, 9.17) is 14.5 Å². The highest BCUT2D eigenvalue weighted by molar-refractivity contribution is 14.0. The molecule has 1 aromatic rings. The van der Waals surface area contributed by atoms with Gasteiger partial charge >= 0.3 is 0 Å². The van der Waals surface area contributed by atoms with E-state index in [0.29, 0.717) is 30.0 Å². The second kappa shape index (κ2) is 8.33. The van der Waals surface area contributed by atoms with Crippen LogP contribution in [-0.2, 0) is 11.3 Å². The molecule has 2 saturated carbocycles. The Morgan fingerprint density at radius 3 is 2.85 bits per heavy atom. The van der Waals surface area contributed by atoms with Crippen molar-refractivity contribution >= 4 is 29.9 Å². The van der Waals surface area contributed by atoms with Gasteiger partial charge in [0.15, 0.2) is 5.96 Å². The normalized spacial score (nSPS) is 28.4. The quantitative estimate of drug-likeness (QED) is 0.393. The van der Waals surface area contributed by atoms with Gasteiger partial charge in [0, 0.05) is 36.1 Å². The van der Waals surface area contributed by atoms with Gasteiger partial charge in [-0.1, -0.05) is 24.6 Å². The molecule has 2 aliphatic carbocycles. The predicted octanol–water partition coefficient (Wildman–Crippen LogP) is 3.33. The second-order valence-corrected chi connectivity index (χ2v) is 7.46. The van der Waals surface area contributed by atoms with Crippen molar-refractivity contribution in [1.29, 1.82) is 0 Å². The fourth-order valence-corrected chi connectivity index (χ4v) is 4.92. The average molecular weight is 471 g/mol. The van der Waals surface area contributed by atoms with Crippen LogP contribution in [0.25, 0.3) is 0 Å². The number of hydrogen-bond acceptors (Lipinski definition) is 3. The van der Waals surface area contributed by atoms with Gasteiger partial charge in [-0.2, -0.15) is 0 Å². The SMILES string of the molecule is CCNC(=NCc1ccccc1OC)NC1C2CCOC2C12CCC2.I. The van der Waals surface area contributed by atoms with Crippen LogP contribution in [0.3, 0.4) is 0 Å². The monoisotopic (exact) mass is 471 g/mol. The molecule has 4 rings (SSSR count). The first-order valence-electron chi connectivity index (χ1n) is 9.57. The third-order valence-electron chi connectivity index (χ3n) is 6.27. The van der Waals surface area contributed by atoms with Crippen molar-refractivity contribution in [3.05, 3.63) is 29.8 Å². The second-order valence-electron chi connectivity index (χ2n) is 7.46. The van der Waals surface area contributed by atoms with E-state index in [1.165, 1.54) is 25.7 Å². The fourth-order valence-electron chi connectivity index (χ4n) is 4.92. The first-order chi connectivity index (χ1) is 12.3. The Kier molecular flexibility index (Phi) is 6.33. The molecule has 0 aromatic heterocycles. The maximum atomic E-state index is 6.02. The molecule has 1 saturated heterocycles. The zero-order chi connectivity index (χ0) is 17.3. The number of benzene rings is 1. The smallest absolute Gasteiger partial charge is 0.191 e. The number of nitrogens with one attached hydrogen (secondary N) is 2. The Morgan fingerprint density at radius 2 is 2.15 bits per heavy atom. The molecule has 3 aliphatic rings. The van der Waals surface area contributed by atoms with Crippen molar-refractivity contribution in [3.63, 3.8) is 0 Å². The highest BCUT2D eigenvalue weighted by Crippen LogP contribution is 2.62. The Balaban J connectivity index is 0.00000196. The Morgan fingerprint density at radius 1 is 1.35 bits per heavy atom. The minimum absolute atomic E-state index is 0. The number of hydrogen-bond donors (Lipinski definition) is 2. The Hall–Kier alpha value is -1.02. The van der Waals surface area contributed by atoms with Gasteiger partial charge in [-0.05, 0) is 32.3 Å². The van der Waals surface area contributed by atoms with Gasteiger partial charge in [0.05, 0.1) is 19.8 Å². The molecular weight excluding hydrogens is 441 g/mol. The number of nitrogens with zero attached hydrogens (tertiary/aromatic N) is 1. The summed E-state index contributed by atoms with van der Waals surface area (Å²) < 4.78 is 11.5. The summed E-state index contributed by atoms with van der Waals surface area (Å²) in [6.07, 6.45) is 5.57. The molecule has 0 amide bonds. The largest absolute Gasteiger partial charge is 0.496 e. The van der Waals surface area contributed by atoms with Gasteiger partial charge in [0.1, 0.15) is 5.75 Å². The van der Waals surface area contributed by atoms with Gasteiger partial charge in [0.2, 0.25) is 0 Å². The maximum Gasteiger partial charge on any atom is 0.191 e. The first-order valence-corrected chi connectivity index (χ1v) is 9.57. The maximum absolute atomic E-state index is 6.02. The number of fused-ring (bicyclic) bond motifs is 2. The summed E-state index contributed by atoms with van der Waals surface area (Å²) >= 11 is 0. The molecular formula is C20H30IN3O2. The van der Waals surface area contributed by atoms with E-state index in [1.54, 1.807) is 7.11 Å². The minimum Gasteiger partial charge on any atom is -0.496 e. The molecule has 3 unspecified atom stereocenters. The molecule has 0 radical (unpaired) electrons. The van der Waals surface area contributed by atoms with Crippen LogP contribution in [-0.4, -0.2) is 38.4 Å². The van der Waals surface area contributed by atoms with Crippen LogP contribution in [0.2, 0.25) is 0 Å². The lowest BCUT2D eigenvalue weighted by Crippen LogP contribution is -2.72. The number of rotatable bonds is 5. The molecule has 3 atom stereocenters. The molecule has 144 valence electrons. The Labute approximate surface area is 173 Å². The van der Waals surface area contributed by atoms with E-state index >= 15 is 0 Å². The van der Waals surface area contributed by atoms with Crippen molar-refractivity contribution in [2.24, 2.45) is 16.3 Å².